The van der Waals surface area contributed by atoms with Crippen LogP contribution in [0.15, 0.2) is 48.5 Å². The van der Waals surface area contributed by atoms with E-state index in [4.69, 9.17) is 9.47 Å². The Balaban J connectivity index is 1.77. The van der Waals surface area contributed by atoms with E-state index in [9.17, 15) is 9.59 Å². The second-order valence-corrected chi connectivity index (χ2v) is 7.41. The molecule has 0 radical (unpaired) electrons. The standard InChI is InChI=1S/C20H18INO4/c1-25-14-8-6-13(7-9-14)12-22-18(23)16-4-2-3-5-17(16)20(22)10-15(11-21)26-19(20)24/h2-9,15H,10-12H2,1H3. The Labute approximate surface area is 165 Å². The quantitative estimate of drug-likeness (QED) is 0.397. The molecule has 0 saturated carbocycles. The number of fused-ring (bicyclic) bond motifs is 2. The Bertz CT molecular complexity index is 866. The lowest BCUT2D eigenvalue weighted by atomic mass is 9.86. The van der Waals surface area contributed by atoms with Gasteiger partial charge in [0.2, 0.25) is 0 Å². The number of nitrogens with zero attached hydrogens (tertiary/aromatic N) is 1. The van der Waals surface area contributed by atoms with E-state index in [-0.39, 0.29) is 18.0 Å². The van der Waals surface area contributed by atoms with Crippen LogP contribution >= 0.6 is 22.6 Å². The number of halogens is 1. The van der Waals surface area contributed by atoms with Crippen molar-refractivity contribution < 1.29 is 19.1 Å². The summed E-state index contributed by atoms with van der Waals surface area (Å²) in [5.41, 5.74) is 1.27. The fourth-order valence-electron chi connectivity index (χ4n) is 3.84. The number of carbonyl (C=O) groups is 2. The minimum Gasteiger partial charge on any atom is -0.497 e. The number of carbonyl (C=O) groups excluding carboxylic acids is 2. The van der Waals surface area contributed by atoms with Crippen LogP contribution in [0.1, 0.15) is 27.9 Å². The molecule has 1 saturated heterocycles. The summed E-state index contributed by atoms with van der Waals surface area (Å²) >= 11 is 2.22. The van der Waals surface area contributed by atoms with E-state index < -0.39 is 5.54 Å². The molecule has 0 bridgehead atoms. The molecule has 2 unspecified atom stereocenters. The minimum absolute atomic E-state index is 0.123. The fraction of sp³-hybridized carbons (Fsp3) is 0.300. The van der Waals surface area contributed by atoms with Crippen LogP contribution in [0.2, 0.25) is 0 Å². The molecule has 0 aromatic heterocycles. The van der Waals surface area contributed by atoms with Crippen LogP contribution in [-0.2, 0) is 21.6 Å². The van der Waals surface area contributed by atoms with E-state index in [1.54, 1.807) is 18.1 Å². The molecule has 2 aliphatic rings. The van der Waals surface area contributed by atoms with Crippen molar-refractivity contribution in [3.8, 4) is 5.75 Å². The van der Waals surface area contributed by atoms with Gasteiger partial charge < -0.3 is 14.4 Å². The predicted octanol–water partition coefficient (Wildman–Crippen LogP) is 3.30. The lowest BCUT2D eigenvalue weighted by Crippen LogP contribution is -2.46. The van der Waals surface area contributed by atoms with Crippen molar-refractivity contribution in [1.29, 1.82) is 0 Å². The van der Waals surface area contributed by atoms with Crippen molar-refractivity contribution in [2.24, 2.45) is 0 Å². The van der Waals surface area contributed by atoms with Crippen LogP contribution in [0, 0.1) is 0 Å². The zero-order valence-corrected chi connectivity index (χ0v) is 16.4. The first-order chi connectivity index (χ1) is 12.6. The van der Waals surface area contributed by atoms with Crippen LogP contribution < -0.4 is 4.74 Å². The van der Waals surface area contributed by atoms with Crippen molar-refractivity contribution in [3.63, 3.8) is 0 Å². The third kappa shape index (κ3) is 2.50. The summed E-state index contributed by atoms with van der Waals surface area (Å²) in [5.74, 6) is 0.304. The molecule has 0 aliphatic carbocycles. The molecule has 4 rings (SSSR count). The second-order valence-electron chi connectivity index (χ2n) is 6.53. The first-order valence-electron chi connectivity index (χ1n) is 8.41. The summed E-state index contributed by atoms with van der Waals surface area (Å²) in [7, 11) is 1.61. The van der Waals surface area contributed by atoms with Gasteiger partial charge in [-0.1, -0.05) is 52.9 Å². The number of benzene rings is 2. The third-order valence-corrected chi connectivity index (χ3v) is 6.10. The molecule has 1 amide bonds. The smallest absolute Gasteiger partial charge is 0.337 e. The zero-order valence-electron chi connectivity index (χ0n) is 14.3. The number of methoxy groups -OCH3 is 1. The van der Waals surface area contributed by atoms with Gasteiger partial charge in [0.05, 0.1) is 7.11 Å². The van der Waals surface area contributed by atoms with Gasteiger partial charge in [0.1, 0.15) is 11.9 Å². The molecule has 1 fully saturated rings. The van der Waals surface area contributed by atoms with Crippen LogP contribution in [0.4, 0.5) is 0 Å². The van der Waals surface area contributed by atoms with Crippen molar-refractivity contribution >= 4 is 34.5 Å². The summed E-state index contributed by atoms with van der Waals surface area (Å²) in [6.07, 6.45) is 0.314. The lowest BCUT2D eigenvalue weighted by Gasteiger charge is -2.32. The average Bonchev–Trinajstić information content (AvgIpc) is 3.13. The van der Waals surface area contributed by atoms with Crippen molar-refractivity contribution in [3.05, 3.63) is 65.2 Å². The molecule has 2 aromatic rings. The van der Waals surface area contributed by atoms with Crippen LogP contribution in [0.25, 0.3) is 0 Å². The maximum absolute atomic E-state index is 13.1. The molecule has 2 atom stereocenters. The van der Waals surface area contributed by atoms with E-state index in [1.165, 1.54) is 0 Å². The summed E-state index contributed by atoms with van der Waals surface area (Å²) in [4.78, 5) is 27.7. The highest BCUT2D eigenvalue weighted by atomic mass is 127. The summed E-state index contributed by atoms with van der Waals surface area (Å²) < 4.78 is 11.5. The maximum Gasteiger partial charge on any atom is 0.337 e. The number of ether oxygens (including phenoxy) is 2. The Kier molecular flexibility index (Phi) is 4.38. The van der Waals surface area contributed by atoms with Crippen LogP contribution in [0.5, 0.6) is 5.75 Å². The summed E-state index contributed by atoms with van der Waals surface area (Å²) in [6, 6.07) is 14.9. The van der Waals surface area contributed by atoms with Crippen molar-refractivity contribution in [2.45, 2.75) is 24.6 Å². The van der Waals surface area contributed by atoms with Crippen molar-refractivity contribution in [1.82, 2.24) is 4.90 Å². The van der Waals surface area contributed by atoms with Gasteiger partial charge in [0.15, 0.2) is 5.54 Å². The topological polar surface area (TPSA) is 55.8 Å². The largest absolute Gasteiger partial charge is 0.497 e. The Hall–Kier alpha value is -2.09. The molecule has 0 N–H and O–H groups in total. The second kappa shape index (κ2) is 6.57. The summed E-state index contributed by atoms with van der Waals surface area (Å²) in [5, 5.41) is 0. The highest BCUT2D eigenvalue weighted by Crippen LogP contribution is 2.48. The molecule has 26 heavy (non-hydrogen) atoms. The molecule has 2 aliphatic heterocycles. The number of amides is 1. The Morgan fingerprint density at radius 1 is 1.19 bits per heavy atom. The molecular weight excluding hydrogens is 445 g/mol. The first-order valence-corrected chi connectivity index (χ1v) is 9.94. The van der Waals surface area contributed by atoms with Gasteiger partial charge >= 0.3 is 5.97 Å². The van der Waals surface area contributed by atoms with E-state index >= 15 is 0 Å². The van der Waals surface area contributed by atoms with Gasteiger partial charge in [0, 0.05) is 28.5 Å². The predicted molar refractivity (Wildman–Crippen MR) is 104 cm³/mol. The Morgan fingerprint density at radius 2 is 1.92 bits per heavy atom. The van der Waals surface area contributed by atoms with Gasteiger partial charge in [-0.2, -0.15) is 0 Å². The fourth-order valence-corrected chi connectivity index (χ4v) is 4.34. The number of esters is 1. The molecule has 2 aromatic carbocycles. The number of cyclic esters (lactones) is 1. The van der Waals surface area contributed by atoms with Gasteiger partial charge in [-0.05, 0) is 23.8 Å². The van der Waals surface area contributed by atoms with E-state index in [0.29, 0.717) is 23.0 Å². The number of rotatable bonds is 4. The van der Waals surface area contributed by atoms with E-state index in [2.05, 4.69) is 22.6 Å². The molecular formula is C20H18INO4. The molecule has 6 heteroatoms. The Morgan fingerprint density at radius 3 is 2.58 bits per heavy atom. The first kappa shape index (κ1) is 17.3. The monoisotopic (exact) mass is 463 g/mol. The van der Waals surface area contributed by atoms with E-state index in [1.807, 2.05) is 42.5 Å². The number of hydrogen-bond acceptors (Lipinski definition) is 4. The highest BCUT2D eigenvalue weighted by molar-refractivity contribution is 14.1. The maximum atomic E-state index is 13.1. The van der Waals surface area contributed by atoms with Gasteiger partial charge in [0.25, 0.3) is 5.91 Å². The number of alkyl halides is 1. The van der Waals surface area contributed by atoms with Crippen molar-refractivity contribution in [2.75, 3.05) is 11.5 Å². The third-order valence-electron chi connectivity index (χ3n) is 5.12. The average molecular weight is 463 g/mol. The molecule has 134 valence electrons. The minimum atomic E-state index is -1.02. The zero-order chi connectivity index (χ0) is 18.3. The normalized spacial score (nSPS) is 24.1. The number of hydrogen-bond donors (Lipinski definition) is 0. The van der Waals surface area contributed by atoms with Crippen LogP contribution in [-0.4, -0.2) is 34.4 Å². The lowest BCUT2D eigenvalue weighted by molar-refractivity contribution is -0.149. The van der Waals surface area contributed by atoms with Gasteiger partial charge in [-0.3, -0.25) is 4.79 Å². The van der Waals surface area contributed by atoms with Gasteiger partial charge in [-0.25, -0.2) is 4.79 Å². The molecule has 1 spiro atoms. The SMILES string of the molecule is COc1ccc(CN2C(=O)c3ccccc3C23CC(CI)OC3=O)cc1. The van der Waals surface area contributed by atoms with E-state index in [0.717, 1.165) is 16.9 Å². The molecule has 5 nitrogen and oxygen atoms in total. The summed E-state index contributed by atoms with van der Waals surface area (Å²) in [6.45, 7) is 0.348. The van der Waals surface area contributed by atoms with Gasteiger partial charge in [-0.15, -0.1) is 0 Å². The highest BCUT2D eigenvalue weighted by Gasteiger charge is 2.60. The molecule has 2 heterocycles. The van der Waals surface area contributed by atoms with Crippen LogP contribution in [0.3, 0.4) is 0 Å².